The number of aliphatic hydroxyl groups is 2. The van der Waals surface area contributed by atoms with Crippen LogP contribution in [0, 0.1) is 5.92 Å². The van der Waals surface area contributed by atoms with Crippen LogP contribution in [-0.4, -0.2) is 41.0 Å². The molecule has 5 nitrogen and oxygen atoms in total. The van der Waals surface area contributed by atoms with Crippen LogP contribution in [0.3, 0.4) is 0 Å². The van der Waals surface area contributed by atoms with Crippen molar-refractivity contribution >= 4 is 33.7 Å². The molecule has 2 N–H and O–H groups in total. The van der Waals surface area contributed by atoms with Gasteiger partial charge < -0.3 is 14.9 Å². The highest BCUT2D eigenvalue weighted by molar-refractivity contribution is 9.11. The molecule has 0 spiro atoms. The molecule has 1 aliphatic rings. The van der Waals surface area contributed by atoms with E-state index in [0.717, 1.165) is 8.79 Å². The molecular weight excluding hydrogens is 382 g/mol. The third-order valence-electron chi connectivity index (χ3n) is 4.00. The SMILES string of the molecule is CCOC=O.OCC(O)CC(c1ncc(Br)s1)C1CCCCC1. The Balaban J connectivity index is 0.000000463. The summed E-state index contributed by atoms with van der Waals surface area (Å²) in [7, 11) is 0. The number of nitrogens with zero attached hydrogens (tertiary/aromatic N) is 1. The van der Waals surface area contributed by atoms with E-state index in [-0.39, 0.29) is 6.61 Å². The summed E-state index contributed by atoms with van der Waals surface area (Å²) in [5.41, 5.74) is 0. The topological polar surface area (TPSA) is 79.7 Å². The van der Waals surface area contributed by atoms with Gasteiger partial charge in [0.15, 0.2) is 0 Å². The van der Waals surface area contributed by atoms with Crippen molar-refractivity contribution in [3.63, 3.8) is 0 Å². The average Bonchev–Trinajstić information content (AvgIpc) is 3.00. The molecular formula is C16H26BrNO4S. The zero-order chi connectivity index (χ0) is 17.1. The molecule has 0 radical (unpaired) electrons. The van der Waals surface area contributed by atoms with E-state index >= 15 is 0 Å². The second-order valence-electron chi connectivity index (χ2n) is 5.63. The number of aromatic nitrogens is 1. The number of carbonyl (C=O) groups is 1. The minimum atomic E-state index is -0.625. The van der Waals surface area contributed by atoms with Crippen molar-refractivity contribution in [3.8, 4) is 0 Å². The highest BCUT2D eigenvalue weighted by Gasteiger charge is 2.29. The number of thiazole rings is 1. The van der Waals surface area contributed by atoms with E-state index in [1.54, 1.807) is 18.3 Å². The zero-order valence-electron chi connectivity index (χ0n) is 13.5. The molecule has 0 aliphatic heterocycles. The molecule has 2 unspecified atom stereocenters. The number of carbonyl (C=O) groups excluding carboxylic acids is 1. The van der Waals surface area contributed by atoms with Crippen molar-refractivity contribution in [2.75, 3.05) is 13.2 Å². The smallest absolute Gasteiger partial charge is 0.293 e. The van der Waals surface area contributed by atoms with E-state index in [0.29, 0.717) is 31.3 Å². The maximum Gasteiger partial charge on any atom is 0.293 e. The van der Waals surface area contributed by atoms with Crippen molar-refractivity contribution in [1.29, 1.82) is 0 Å². The highest BCUT2D eigenvalue weighted by Crippen LogP contribution is 2.40. The first kappa shape index (κ1) is 20.5. The summed E-state index contributed by atoms with van der Waals surface area (Å²) in [6, 6.07) is 0. The molecule has 0 aromatic carbocycles. The van der Waals surface area contributed by atoms with Crippen LogP contribution in [0.2, 0.25) is 0 Å². The van der Waals surface area contributed by atoms with Crippen LogP contribution in [0.15, 0.2) is 9.98 Å². The maximum absolute atomic E-state index is 9.74. The van der Waals surface area contributed by atoms with Crippen molar-refractivity contribution in [2.45, 2.75) is 57.5 Å². The van der Waals surface area contributed by atoms with E-state index in [1.165, 1.54) is 32.1 Å². The molecule has 23 heavy (non-hydrogen) atoms. The lowest BCUT2D eigenvalue weighted by molar-refractivity contribution is -0.128. The van der Waals surface area contributed by atoms with E-state index in [2.05, 4.69) is 25.7 Å². The van der Waals surface area contributed by atoms with Crippen LogP contribution in [0.25, 0.3) is 0 Å². The van der Waals surface area contributed by atoms with Gasteiger partial charge in [-0.2, -0.15) is 0 Å². The zero-order valence-corrected chi connectivity index (χ0v) is 15.9. The molecule has 0 bridgehead atoms. The molecule has 1 aliphatic carbocycles. The number of aliphatic hydroxyl groups excluding tert-OH is 2. The number of hydrogen-bond donors (Lipinski definition) is 2. The van der Waals surface area contributed by atoms with E-state index in [9.17, 15) is 9.90 Å². The van der Waals surface area contributed by atoms with Gasteiger partial charge in [-0.3, -0.25) is 4.79 Å². The summed E-state index contributed by atoms with van der Waals surface area (Å²) in [6.45, 7) is 2.51. The summed E-state index contributed by atoms with van der Waals surface area (Å²) in [4.78, 5) is 13.6. The van der Waals surface area contributed by atoms with Gasteiger partial charge in [0.25, 0.3) is 6.47 Å². The Kier molecular flexibility index (Phi) is 10.7. The standard InChI is InChI=1S/C13H20BrNO2S.C3H6O2/c14-12-7-15-13(18-12)11(6-10(17)8-16)9-4-2-1-3-5-9;1-2-5-3-4/h7,9-11,16-17H,1-6,8H2;3H,2H2,1H3. The Hall–Kier alpha value is -0.500. The summed E-state index contributed by atoms with van der Waals surface area (Å²) >= 11 is 5.11. The molecule has 1 fully saturated rings. The molecule has 132 valence electrons. The largest absolute Gasteiger partial charge is 0.468 e. The van der Waals surface area contributed by atoms with Crippen molar-refractivity contribution in [2.24, 2.45) is 5.92 Å². The van der Waals surface area contributed by atoms with Crippen LogP contribution < -0.4 is 0 Å². The Morgan fingerprint density at radius 3 is 2.61 bits per heavy atom. The van der Waals surface area contributed by atoms with Crippen molar-refractivity contribution in [3.05, 3.63) is 15.0 Å². The Bertz CT molecular complexity index is 437. The Labute approximate surface area is 150 Å². The fourth-order valence-electron chi connectivity index (χ4n) is 2.91. The Morgan fingerprint density at radius 1 is 1.48 bits per heavy atom. The number of halogens is 1. The minimum Gasteiger partial charge on any atom is -0.468 e. The summed E-state index contributed by atoms with van der Waals surface area (Å²) in [5, 5.41) is 19.9. The van der Waals surface area contributed by atoms with Gasteiger partial charge in [0.2, 0.25) is 0 Å². The molecule has 2 rings (SSSR count). The summed E-state index contributed by atoms with van der Waals surface area (Å²) in [6.07, 6.45) is 8.17. The number of rotatable bonds is 7. The molecule has 0 amide bonds. The minimum absolute atomic E-state index is 0.157. The number of hydrogen-bond acceptors (Lipinski definition) is 6. The molecule has 0 saturated heterocycles. The van der Waals surface area contributed by atoms with E-state index < -0.39 is 6.10 Å². The molecule has 1 heterocycles. The third-order valence-corrected chi connectivity index (χ3v) is 5.61. The van der Waals surface area contributed by atoms with Crippen LogP contribution in [0.1, 0.15) is 56.4 Å². The van der Waals surface area contributed by atoms with Crippen LogP contribution in [-0.2, 0) is 9.53 Å². The van der Waals surface area contributed by atoms with Crippen LogP contribution >= 0.6 is 27.3 Å². The first-order valence-corrected chi connectivity index (χ1v) is 9.68. The number of ether oxygens (including phenoxy) is 1. The van der Waals surface area contributed by atoms with E-state index in [4.69, 9.17) is 5.11 Å². The molecule has 7 heteroatoms. The maximum atomic E-state index is 9.74. The van der Waals surface area contributed by atoms with Gasteiger partial charge in [0.05, 0.1) is 34.3 Å². The molecule has 2 atom stereocenters. The predicted molar refractivity (Wildman–Crippen MR) is 94.5 cm³/mol. The quantitative estimate of drug-likeness (QED) is 0.676. The lowest BCUT2D eigenvalue weighted by Crippen LogP contribution is -2.23. The van der Waals surface area contributed by atoms with Gasteiger partial charge in [0, 0.05) is 5.92 Å². The Morgan fingerprint density at radius 2 is 2.17 bits per heavy atom. The first-order valence-electron chi connectivity index (χ1n) is 8.07. The lowest BCUT2D eigenvalue weighted by Gasteiger charge is -2.30. The summed E-state index contributed by atoms with van der Waals surface area (Å²) in [5.74, 6) is 0.904. The van der Waals surface area contributed by atoms with Gasteiger partial charge >= 0.3 is 0 Å². The van der Waals surface area contributed by atoms with Gasteiger partial charge in [-0.05, 0) is 48.0 Å². The lowest BCUT2D eigenvalue weighted by atomic mass is 9.78. The van der Waals surface area contributed by atoms with Gasteiger partial charge in [-0.1, -0.05) is 19.3 Å². The van der Waals surface area contributed by atoms with Crippen LogP contribution in [0.5, 0.6) is 0 Å². The monoisotopic (exact) mass is 407 g/mol. The van der Waals surface area contributed by atoms with Gasteiger partial charge in [-0.15, -0.1) is 11.3 Å². The third kappa shape index (κ3) is 7.74. The average molecular weight is 408 g/mol. The van der Waals surface area contributed by atoms with Crippen molar-refractivity contribution in [1.82, 2.24) is 4.98 Å². The second kappa shape index (κ2) is 11.9. The fraction of sp³-hybridized carbons (Fsp3) is 0.750. The van der Waals surface area contributed by atoms with Crippen LogP contribution in [0.4, 0.5) is 0 Å². The van der Waals surface area contributed by atoms with Gasteiger partial charge in [-0.25, -0.2) is 4.98 Å². The van der Waals surface area contributed by atoms with Crippen molar-refractivity contribution < 1.29 is 19.7 Å². The molecule has 1 aromatic heterocycles. The molecule has 1 saturated carbocycles. The molecule has 1 aromatic rings. The van der Waals surface area contributed by atoms with Gasteiger partial charge in [0.1, 0.15) is 0 Å². The second-order valence-corrected chi connectivity index (χ2v) is 8.07. The van der Waals surface area contributed by atoms with E-state index in [1.807, 2.05) is 6.20 Å². The normalized spacial score (nSPS) is 17.7. The summed E-state index contributed by atoms with van der Waals surface area (Å²) < 4.78 is 5.19. The predicted octanol–water partition coefficient (Wildman–Crippen LogP) is 3.49. The highest BCUT2D eigenvalue weighted by atomic mass is 79.9. The first-order chi connectivity index (χ1) is 11.1. The fourth-order valence-corrected chi connectivity index (χ4v) is 4.36.